The Kier molecular flexibility index (Phi) is 10.4. The smallest absolute Gasteiger partial charge is 0.509 e. The molecule has 0 spiro atoms. The monoisotopic (exact) mass is 764 g/mol. The minimum atomic E-state index is 0. The number of pyridine rings is 1. The van der Waals surface area contributed by atoms with Crippen LogP contribution in [0.2, 0.25) is 0 Å². The molecule has 0 saturated heterocycles. The number of hydrogen-bond donors (Lipinski definition) is 0. The van der Waals surface area contributed by atoms with Gasteiger partial charge in [-0.2, -0.15) is 11.2 Å². The maximum Gasteiger partial charge on any atom is 2.00 e. The summed E-state index contributed by atoms with van der Waals surface area (Å²) in [6.45, 7) is 19.8. The summed E-state index contributed by atoms with van der Waals surface area (Å²) in [5.41, 5.74) is 12.3. The first-order valence-corrected chi connectivity index (χ1v) is 17.8. The van der Waals surface area contributed by atoms with Crippen LogP contribution in [0.15, 0.2) is 85.1 Å². The maximum absolute atomic E-state index is 6.65. The Morgan fingerprint density at radius 1 is 0.725 bits per heavy atom. The van der Waals surface area contributed by atoms with E-state index in [-0.39, 0.29) is 26.3 Å². The number of aryl methyl sites for hydroxylation is 3. The fourth-order valence-corrected chi connectivity index (χ4v) is 7.50. The number of ether oxygens (including phenoxy) is 1. The molecule has 3 aromatic heterocycles. The summed E-state index contributed by atoms with van der Waals surface area (Å²) in [5, 5.41) is 7.31. The third-order valence-electron chi connectivity index (χ3n) is 9.94. The maximum atomic E-state index is 6.65. The van der Waals surface area contributed by atoms with Gasteiger partial charge in [0.2, 0.25) is 0 Å². The Hall–Kier alpha value is -4.50. The van der Waals surface area contributed by atoms with Gasteiger partial charge in [-0.3, -0.25) is 4.68 Å². The van der Waals surface area contributed by atoms with Crippen LogP contribution in [0.3, 0.4) is 0 Å². The van der Waals surface area contributed by atoms with Crippen LogP contribution in [0.1, 0.15) is 86.5 Å². The number of nitrogens with zero attached hydrogens (tertiary/aromatic N) is 4. The van der Waals surface area contributed by atoms with Crippen molar-refractivity contribution < 1.29 is 25.2 Å². The molecular formula is C45H46N4OPd. The van der Waals surface area contributed by atoms with Gasteiger partial charge in [0.15, 0.2) is 0 Å². The average Bonchev–Trinajstić information content (AvgIpc) is 3.57. The Morgan fingerprint density at radius 2 is 1.47 bits per heavy atom. The minimum Gasteiger partial charge on any atom is -0.509 e. The molecule has 0 radical (unpaired) electrons. The van der Waals surface area contributed by atoms with Crippen LogP contribution < -0.4 is 4.74 Å². The molecule has 0 aliphatic carbocycles. The van der Waals surface area contributed by atoms with Gasteiger partial charge in [0, 0.05) is 34.5 Å². The minimum absolute atomic E-state index is 0. The van der Waals surface area contributed by atoms with E-state index in [2.05, 4.69) is 152 Å². The van der Waals surface area contributed by atoms with Crippen molar-refractivity contribution in [3.05, 3.63) is 131 Å². The Balaban J connectivity index is 0.00000448. The predicted molar refractivity (Wildman–Crippen MR) is 206 cm³/mol. The second-order valence-electron chi connectivity index (χ2n) is 14.6. The first-order chi connectivity index (χ1) is 24.0. The normalized spacial score (nSPS) is 12.2. The Bertz CT molecular complexity index is 2340. The van der Waals surface area contributed by atoms with Crippen LogP contribution in [0.4, 0.5) is 0 Å². The van der Waals surface area contributed by atoms with Crippen molar-refractivity contribution in [2.75, 3.05) is 0 Å². The molecule has 0 amide bonds. The molecule has 262 valence electrons. The van der Waals surface area contributed by atoms with E-state index >= 15 is 0 Å². The zero-order chi connectivity index (χ0) is 35.3. The van der Waals surface area contributed by atoms with E-state index in [1.54, 1.807) is 0 Å². The quantitative estimate of drug-likeness (QED) is 0.109. The molecule has 3 heterocycles. The number of hydrogen-bond acceptors (Lipinski definition) is 3. The molecule has 5 nitrogen and oxygen atoms in total. The summed E-state index contributed by atoms with van der Waals surface area (Å²) in [6, 6.07) is 34.9. The van der Waals surface area contributed by atoms with E-state index in [0.717, 1.165) is 56.7 Å². The number of aromatic nitrogens is 4. The third kappa shape index (κ3) is 6.93. The molecule has 6 heteroatoms. The van der Waals surface area contributed by atoms with E-state index < -0.39 is 0 Å². The summed E-state index contributed by atoms with van der Waals surface area (Å²) < 4.78 is 10.9. The third-order valence-corrected chi connectivity index (χ3v) is 9.94. The fraction of sp³-hybridized carbons (Fsp3) is 0.289. The van der Waals surface area contributed by atoms with Crippen molar-refractivity contribution in [2.24, 2.45) is 5.92 Å². The number of fused-ring (bicyclic) bond motifs is 3. The van der Waals surface area contributed by atoms with Gasteiger partial charge in [-0.1, -0.05) is 76.5 Å². The molecule has 0 bridgehead atoms. The van der Waals surface area contributed by atoms with Gasteiger partial charge in [-0.05, 0) is 103 Å². The van der Waals surface area contributed by atoms with E-state index in [0.29, 0.717) is 23.3 Å². The van der Waals surface area contributed by atoms with Crippen molar-refractivity contribution in [1.82, 2.24) is 19.3 Å². The zero-order valence-corrected chi connectivity index (χ0v) is 32.6. The van der Waals surface area contributed by atoms with Crippen molar-refractivity contribution in [1.29, 1.82) is 0 Å². The van der Waals surface area contributed by atoms with Crippen molar-refractivity contribution in [3.8, 4) is 34.1 Å². The summed E-state index contributed by atoms with van der Waals surface area (Å²) in [7, 11) is 0. The van der Waals surface area contributed by atoms with Gasteiger partial charge in [-0.25, -0.2) is 4.98 Å². The fourth-order valence-electron chi connectivity index (χ4n) is 7.50. The first-order valence-electron chi connectivity index (χ1n) is 17.8. The molecule has 0 fully saturated rings. The largest absolute Gasteiger partial charge is 2.00 e. The second-order valence-corrected chi connectivity index (χ2v) is 14.6. The van der Waals surface area contributed by atoms with E-state index in [9.17, 15) is 0 Å². The molecule has 0 saturated carbocycles. The Morgan fingerprint density at radius 3 is 2.20 bits per heavy atom. The Labute approximate surface area is 316 Å². The zero-order valence-electron chi connectivity index (χ0n) is 31.0. The summed E-state index contributed by atoms with van der Waals surface area (Å²) >= 11 is 0. The van der Waals surface area contributed by atoms with Gasteiger partial charge in [-0.15, -0.1) is 41.3 Å². The summed E-state index contributed by atoms with van der Waals surface area (Å²) in [6.07, 6.45) is 3.06. The first kappa shape index (κ1) is 36.3. The molecule has 7 rings (SSSR count). The van der Waals surface area contributed by atoms with E-state index in [1.165, 1.54) is 27.8 Å². The number of para-hydroxylation sites is 1. The average molecular weight is 765 g/mol. The number of rotatable bonds is 9. The van der Waals surface area contributed by atoms with E-state index in [1.807, 2.05) is 16.9 Å². The van der Waals surface area contributed by atoms with Crippen LogP contribution >= 0.6 is 0 Å². The predicted octanol–water partition coefficient (Wildman–Crippen LogP) is 11.9. The second kappa shape index (κ2) is 14.6. The van der Waals surface area contributed by atoms with Crippen molar-refractivity contribution in [2.45, 2.75) is 80.6 Å². The molecule has 0 aliphatic rings. The van der Waals surface area contributed by atoms with Crippen molar-refractivity contribution >= 4 is 21.8 Å². The SMILES string of the molecule is Cc1cccc(C)c1-c1c(C)nn(-c2[c-]c(Oc3[c-]c4c(cc3)c3ccccc3n4-c3cc(C(C)CC(C)C)ccn3)cc(C(C)C)c2)c1C.[Pd+2]. The van der Waals surface area contributed by atoms with E-state index in [4.69, 9.17) is 14.8 Å². The van der Waals surface area contributed by atoms with Crippen molar-refractivity contribution in [3.63, 3.8) is 0 Å². The molecular weight excluding hydrogens is 719 g/mol. The molecule has 1 unspecified atom stereocenters. The molecule has 0 aliphatic heterocycles. The van der Waals surface area contributed by atoms with Crippen LogP contribution in [0.5, 0.6) is 11.5 Å². The van der Waals surface area contributed by atoms with Crippen LogP contribution in [0.25, 0.3) is 44.4 Å². The standard InChI is InChI=1S/C45H46N4O.Pd/c1-27(2)21-31(7)34-19-20-46-43(24-34)48-41-16-11-10-15-39(41)40-18-17-37(26-42(40)48)50-38-23-35(28(3)4)22-36(25-38)49-33(9)45(32(8)47-49)44-29(5)13-12-14-30(44)6;/h10-20,22-24,27-28,31H,21H2,1-9H3;/q-2;+2. The molecule has 1 atom stereocenters. The topological polar surface area (TPSA) is 44.9 Å². The van der Waals surface area contributed by atoms with Gasteiger partial charge in [0.1, 0.15) is 5.82 Å². The van der Waals surface area contributed by atoms with Gasteiger partial charge < -0.3 is 9.30 Å². The van der Waals surface area contributed by atoms with Gasteiger partial charge in [0.25, 0.3) is 0 Å². The summed E-state index contributed by atoms with van der Waals surface area (Å²) in [5.74, 6) is 3.48. The van der Waals surface area contributed by atoms with Gasteiger partial charge >= 0.3 is 20.4 Å². The molecule has 0 N–H and O–H groups in total. The molecule has 4 aromatic carbocycles. The molecule has 51 heavy (non-hydrogen) atoms. The van der Waals surface area contributed by atoms with Crippen LogP contribution in [-0.2, 0) is 20.4 Å². The molecule has 7 aromatic rings. The van der Waals surface area contributed by atoms with Gasteiger partial charge in [0.05, 0.1) is 5.69 Å². The van der Waals surface area contributed by atoms with Crippen LogP contribution in [-0.4, -0.2) is 19.3 Å². The summed E-state index contributed by atoms with van der Waals surface area (Å²) in [4.78, 5) is 4.87. The number of benzene rings is 4. The van der Waals surface area contributed by atoms with Crippen LogP contribution in [0, 0.1) is 45.7 Å².